The molecule has 0 aliphatic carbocycles. The number of nitrogens with zero attached hydrogens (tertiary/aromatic N) is 6. The minimum atomic E-state index is -0.559. The second-order valence-corrected chi connectivity index (χ2v) is 5.79. The molecule has 1 aromatic carbocycles. The molecular weight excluding hydrogens is 364 g/mol. The first kappa shape index (κ1) is 17.1. The fourth-order valence-electron chi connectivity index (χ4n) is 2.46. The lowest BCUT2D eigenvalue weighted by Gasteiger charge is -2.06. The first-order chi connectivity index (χ1) is 13.6. The molecule has 0 spiro atoms. The molecule has 0 fully saturated rings. The summed E-state index contributed by atoms with van der Waals surface area (Å²) in [6.07, 6.45) is 4.43. The molecule has 0 unspecified atom stereocenters. The lowest BCUT2D eigenvalue weighted by atomic mass is 10.1. The van der Waals surface area contributed by atoms with Gasteiger partial charge in [-0.1, -0.05) is 35.0 Å². The Bertz CT molecular complexity index is 1130. The molecule has 0 radical (unpaired) electrons. The summed E-state index contributed by atoms with van der Waals surface area (Å²) in [6.45, 7) is 1.96. The van der Waals surface area contributed by atoms with Gasteiger partial charge < -0.3 is 10.2 Å². The van der Waals surface area contributed by atoms with E-state index < -0.39 is 5.91 Å². The molecule has 0 atom stereocenters. The molecule has 1 amide bonds. The van der Waals surface area contributed by atoms with Crippen LogP contribution in [0.1, 0.15) is 21.6 Å². The third-order valence-electron chi connectivity index (χ3n) is 3.83. The van der Waals surface area contributed by atoms with Crippen LogP contribution in [0.5, 0.6) is 0 Å². The van der Waals surface area contributed by atoms with Gasteiger partial charge in [0.2, 0.25) is 11.6 Å². The molecule has 11 heteroatoms. The molecule has 0 aliphatic rings. The van der Waals surface area contributed by atoms with Gasteiger partial charge in [-0.25, -0.2) is 10.1 Å². The van der Waals surface area contributed by atoms with Crippen LogP contribution in [-0.2, 0) is 0 Å². The molecule has 140 valence electrons. The van der Waals surface area contributed by atoms with E-state index in [0.29, 0.717) is 16.8 Å². The number of nitrogen functional groups attached to an aromatic ring is 1. The minimum Gasteiger partial charge on any atom is -0.472 e. The van der Waals surface area contributed by atoms with Gasteiger partial charge in [0, 0.05) is 11.1 Å². The van der Waals surface area contributed by atoms with Gasteiger partial charge in [-0.2, -0.15) is 9.78 Å². The van der Waals surface area contributed by atoms with Crippen LogP contribution in [0.2, 0.25) is 0 Å². The quantitative estimate of drug-likeness (QED) is 0.392. The van der Waals surface area contributed by atoms with Gasteiger partial charge in [0.25, 0.3) is 5.91 Å². The molecule has 3 aromatic heterocycles. The number of carbonyl (C=O) groups is 1. The van der Waals surface area contributed by atoms with Crippen LogP contribution in [0.4, 0.5) is 5.82 Å². The summed E-state index contributed by atoms with van der Waals surface area (Å²) < 4.78 is 10.9. The molecule has 11 nitrogen and oxygen atoms in total. The van der Waals surface area contributed by atoms with Crippen LogP contribution in [0.3, 0.4) is 0 Å². The lowest BCUT2D eigenvalue weighted by Crippen LogP contribution is -2.19. The van der Waals surface area contributed by atoms with Crippen LogP contribution >= 0.6 is 0 Å². The summed E-state index contributed by atoms with van der Waals surface area (Å²) in [6, 6.07) is 9.16. The summed E-state index contributed by atoms with van der Waals surface area (Å²) in [5.41, 5.74) is 11.0. The molecule has 0 saturated heterocycles. The Labute approximate surface area is 157 Å². The fourth-order valence-corrected chi connectivity index (χ4v) is 2.46. The molecular formula is C17H14N8O3. The number of aromatic nitrogens is 5. The van der Waals surface area contributed by atoms with Gasteiger partial charge in [0.1, 0.15) is 5.69 Å². The molecule has 0 saturated carbocycles. The van der Waals surface area contributed by atoms with Crippen LogP contribution in [0, 0.1) is 6.92 Å². The van der Waals surface area contributed by atoms with Crippen LogP contribution in [-0.4, -0.2) is 37.4 Å². The number of hydrogen-bond acceptors (Lipinski definition) is 9. The number of nitrogens with two attached hydrogens (primary N) is 1. The summed E-state index contributed by atoms with van der Waals surface area (Å²) in [5.74, 6) is -0.413. The molecule has 0 bridgehead atoms. The normalized spacial score (nSPS) is 11.2. The van der Waals surface area contributed by atoms with E-state index in [2.05, 4.69) is 35.8 Å². The molecule has 0 aliphatic heterocycles. The van der Waals surface area contributed by atoms with E-state index in [-0.39, 0.29) is 17.3 Å². The summed E-state index contributed by atoms with van der Waals surface area (Å²) in [5, 5.41) is 19.1. The molecule has 3 N–H and O–H groups in total. The van der Waals surface area contributed by atoms with Crippen molar-refractivity contribution in [3.8, 4) is 17.1 Å². The van der Waals surface area contributed by atoms with Gasteiger partial charge in [0.15, 0.2) is 5.69 Å². The van der Waals surface area contributed by atoms with Gasteiger partial charge in [-0.15, -0.1) is 5.10 Å². The van der Waals surface area contributed by atoms with E-state index in [4.69, 9.17) is 10.2 Å². The number of nitrogens with one attached hydrogen (secondary N) is 1. The first-order valence-corrected chi connectivity index (χ1v) is 8.10. The van der Waals surface area contributed by atoms with Crippen molar-refractivity contribution < 1.29 is 13.8 Å². The Morgan fingerprint density at radius 2 is 2.07 bits per heavy atom. The van der Waals surface area contributed by atoms with Crippen molar-refractivity contribution in [3.63, 3.8) is 0 Å². The van der Waals surface area contributed by atoms with E-state index >= 15 is 0 Å². The standard InChI is InChI=1S/C17H14N8O3/c1-10-2-4-12(5-3-10)14-13(17(26)21-19-8-11-6-7-27-9-11)20-24-25(14)16-15(18)22-28-23-16/h2-9H,1H3,(H2,18,22)(H,21,26)/b19-8-. The van der Waals surface area contributed by atoms with Crippen molar-refractivity contribution in [3.05, 3.63) is 59.7 Å². The number of aryl methyl sites for hydroxylation is 1. The van der Waals surface area contributed by atoms with E-state index in [9.17, 15) is 4.79 Å². The van der Waals surface area contributed by atoms with E-state index in [1.165, 1.54) is 23.4 Å². The van der Waals surface area contributed by atoms with Crippen molar-refractivity contribution in [1.29, 1.82) is 0 Å². The highest BCUT2D eigenvalue weighted by Crippen LogP contribution is 2.26. The van der Waals surface area contributed by atoms with E-state index in [1.807, 2.05) is 31.2 Å². The van der Waals surface area contributed by atoms with Crippen LogP contribution in [0.15, 0.2) is 57.0 Å². The van der Waals surface area contributed by atoms with E-state index in [0.717, 1.165) is 5.56 Å². The number of benzene rings is 1. The maximum Gasteiger partial charge on any atom is 0.294 e. The van der Waals surface area contributed by atoms with Crippen LogP contribution < -0.4 is 11.2 Å². The largest absolute Gasteiger partial charge is 0.472 e. The number of amides is 1. The average Bonchev–Trinajstić information content (AvgIpc) is 3.42. The summed E-state index contributed by atoms with van der Waals surface area (Å²) in [7, 11) is 0. The van der Waals surface area contributed by atoms with Gasteiger partial charge in [0.05, 0.1) is 18.7 Å². The number of rotatable bonds is 5. The zero-order valence-corrected chi connectivity index (χ0v) is 14.6. The second kappa shape index (κ2) is 7.15. The number of carbonyl (C=O) groups excluding carboxylic acids is 1. The number of hydrazone groups is 1. The van der Waals surface area contributed by atoms with Crippen molar-refractivity contribution in [2.24, 2.45) is 5.10 Å². The zero-order valence-electron chi connectivity index (χ0n) is 14.6. The fraction of sp³-hybridized carbons (Fsp3) is 0.0588. The average molecular weight is 378 g/mol. The zero-order chi connectivity index (χ0) is 19.5. The van der Waals surface area contributed by atoms with Gasteiger partial charge in [-0.05, 0) is 23.3 Å². The Balaban J connectivity index is 1.72. The van der Waals surface area contributed by atoms with Crippen molar-refractivity contribution in [2.45, 2.75) is 6.92 Å². The van der Waals surface area contributed by atoms with E-state index in [1.54, 1.807) is 6.07 Å². The second-order valence-electron chi connectivity index (χ2n) is 5.79. The SMILES string of the molecule is Cc1ccc(-c2c(C(=O)N/N=C\c3ccoc3)nnn2-c2nonc2N)cc1. The Morgan fingerprint density at radius 1 is 1.25 bits per heavy atom. The highest BCUT2D eigenvalue weighted by Gasteiger charge is 2.25. The molecule has 3 heterocycles. The van der Waals surface area contributed by atoms with Crippen molar-refractivity contribution in [2.75, 3.05) is 5.73 Å². The summed E-state index contributed by atoms with van der Waals surface area (Å²) in [4.78, 5) is 12.6. The smallest absolute Gasteiger partial charge is 0.294 e. The van der Waals surface area contributed by atoms with Gasteiger partial charge in [-0.3, -0.25) is 4.79 Å². The Kier molecular flexibility index (Phi) is 4.38. The summed E-state index contributed by atoms with van der Waals surface area (Å²) >= 11 is 0. The van der Waals surface area contributed by atoms with Crippen molar-refractivity contribution >= 4 is 17.9 Å². The minimum absolute atomic E-state index is 0.0169. The highest BCUT2D eigenvalue weighted by atomic mass is 16.6. The predicted octanol–water partition coefficient (Wildman–Crippen LogP) is 1.56. The lowest BCUT2D eigenvalue weighted by molar-refractivity contribution is 0.0950. The first-order valence-electron chi connectivity index (χ1n) is 8.10. The maximum atomic E-state index is 12.6. The number of furan rings is 1. The Morgan fingerprint density at radius 3 is 2.75 bits per heavy atom. The molecule has 28 heavy (non-hydrogen) atoms. The topological polar surface area (TPSA) is 150 Å². The van der Waals surface area contributed by atoms with Crippen LogP contribution in [0.25, 0.3) is 17.1 Å². The number of anilines is 1. The molecule has 4 rings (SSSR count). The van der Waals surface area contributed by atoms with Crippen molar-refractivity contribution in [1.82, 2.24) is 30.7 Å². The monoisotopic (exact) mass is 378 g/mol. The highest BCUT2D eigenvalue weighted by molar-refractivity contribution is 5.98. The predicted molar refractivity (Wildman–Crippen MR) is 97.6 cm³/mol. The Hall–Kier alpha value is -4.28. The number of hydrogen-bond donors (Lipinski definition) is 2. The third-order valence-corrected chi connectivity index (χ3v) is 3.83. The van der Waals surface area contributed by atoms with Gasteiger partial charge >= 0.3 is 0 Å². The third kappa shape index (κ3) is 3.23. The molecule has 4 aromatic rings. The maximum absolute atomic E-state index is 12.6.